The number of carboxylic acids is 1. The van der Waals surface area contributed by atoms with E-state index in [2.05, 4.69) is 0 Å². The Morgan fingerprint density at radius 3 is 2.06 bits per heavy atom. The summed E-state index contributed by atoms with van der Waals surface area (Å²) >= 11 is 0. The SMILES string of the molecule is O=C(NCC(C(=O)NCC[C@H](O)C(=O)O)C(F)(F)F)OCC1c2ccccc2-c2ccccc21. The van der Waals surface area contributed by atoms with Crippen molar-refractivity contribution in [1.29, 1.82) is 0 Å². The van der Waals surface area contributed by atoms with Crippen molar-refractivity contribution in [2.75, 3.05) is 19.7 Å². The van der Waals surface area contributed by atoms with E-state index in [1.54, 1.807) is 0 Å². The number of aliphatic hydroxyl groups is 1. The van der Waals surface area contributed by atoms with Gasteiger partial charge in [-0.2, -0.15) is 13.2 Å². The molecule has 0 saturated carbocycles. The summed E-state index contributed by atoms with van der Waals surface area (Å²) in [5.41, 5.74) is 3.86. The summed E-state index contributed by atoms with van der Waals surface area (Å²) in [6.45, 7) is -1.65. The number of alkyl carbamates (subject to hydrolysis) is 1. The number of halogens is 3. The van der Waals surface area contributed by atoms with Crippen LogP contribution < -0.4 is 10.6 Å². The van der Waals surface area contributed by atoms with Crippen LogP contribution in [0.3, 0.4) is 0 Å². The summed E-state index contributed by atoms with van der Waals surface area (Å²) in [5.74, 6) is -5.86. The van der Waals surface area contributed by atoms with Crippen molar-refractivity contribution in [2.45, 2.75) is 24.6 Å². The minimum absolute atomic E-state index is 0.101. The molecule has 4 N–H and O–H groups in total. The van der Waals surface area contributed by atoms with E-state index in [1.807, 2.05) is 59.2 Å². The number of rotatable bonds is 9. The van der Waals surface area contributed by atoms with E-state index in [1.165, 1.54) is 0 Å². The molecule has 0 aliphatic heterocycles. The largest absolute Gasteiger partial charge is 0.479 e. The van der Waals surface area contributed by atoms with Crippen molar-refractivity contribution in [3.05, 3.63) is 59.7 Å². The maximum absolute atomic E-state index is 13.3. The molecule has 2 atom stereocenters. The fourth-order valence-corrected chi connectivity index (χ4v) is 3.77. The Balaban J connectivity index is 1.55. The van der Waals surface area contributed by atoms with Crippen LogP contribution in [0.15, 0.2) is 48.5 Å². The molecule has 0 aromatic heterocycles. The number of fused-ring (bicyclic) bond motifs is 3. The van der Waals surface area contributed by atoms with E-state index in [0.29, 0.717) is 0 Å². The molecule has 1 aliphatic carbocycles. The average molecular weight is 480 g/mol. The molecular weight excluding hydrogens is 457 g/mol. The molecule has 0 bridgehead atoms. The van der Waals surface area contributed by atoms with E-state index in [0.717, 1.165) is 22.3 Å². The molecule has 0 fully saturated rings. The molecule has 34 heavy (non-hydrogen) atoms. The van der Waals surface area contributed by atoms with Gasteiger partial charge < -0.3 is 25.6 Å². The van der Waals surface area contributed by atoms with Gasteiger partial charge in [-0.1, -0.05) is 48.5 Å². The summed E-state index contributed by atoms with van der Waals surface area (Å²) in [4.78, 5) is 34.6. The predicted octanol–water partition coefficient (Wildman–Crippen LogP) is 2.66. The summed E-state index contributed by atoms with van der Waals surface area (Å²) in [6, 6.07) is 15.1. The second-order valence-corrected chi connectivity index (χ2v) is 7.73. The Bertz CT molecular complexity index is 1010. The zero-order valence-corrected chi connectivity index (χ0v) is 17.8. The quantitative estimate of drug-likeness (QED) is 0.437. The number of hydrogen-bond acceptors (Lipinski definition) is 5. The lowest BCUT2D eigenvalue weighted by Gasteiger charge is -2.21. The molecule has 3 rings (SSSR count). The van der Waals surface area contributed by atoms with E-state index < -0.39 is 55.7 Å². The van der Waals surface area contributed by atoms with E-state index in [4.69, 9.17) is 14.9 Å². The van der Waals surface area contributed by atoms with Crippen molar-refractivity contribution >= 4 is 18.0 Å². The summed E-state index contributed by atoms with van der Waals surface area (Å²) in [7, 11) is 0. The minimum atomic E-state index is -4.97. The molecule has 182 valence electrons. The average Bonchev–Trinajstić information content (AvgIpc) is 3.10. The fraction of sp³-hybridized carbons (Fsp3) is 0.348. The number of hydrogen-bond donors (Lipinski definition) is 4. The Morgan fingerprint density at radius 2 is 1.53 bits per heavy atom. The van der Waals surface area contributed by atoms with Gasteiger partial charge in [-0.15, -0.1) is 0 Å². The van der Waals surface area contributed by atoms with Crippen LogP contribution in [-0.2, 0) is 14.3 Å². The van der Waals surface area contributed by atoms with Gasteiger partial charge in [0.25, 0.3) is 0 Å². The third kappa shape index (κ3) is 5.84. The molecule has 0 heterocycles. The molecule has 8 nitrogen and oxygen atoms in total. The van der Waals surface area contributed by atoms with Crippen LogP contribution in [0.1, 0.15) is 23.5 Å². The molecule has 2 aromatic carbocycles. The molecule has 0 saturated heterocycles. The molecular formula is C23H23F3N2O6. The van der Waals surface area contributed by atoms with Crippen molar-refractivity contribution in [3.8, 4) is 11.1 Å². The van der Waals surface area contributed by atoms with Gasteiger partial charge in [0.15, 0.2) is 12.0 Å². The lowest BCUT2D eigenvalue weighted by Crippen LogP contribution is -2.47. The highest BCUT2D eigenvalue weighted by atomic mass is 19.4. The zero-order chi connectivity index (χ0) is 24.9. The Morgan fingerprint density at radius 1 is 0.971 bits per heavy atom. The summed E-state index contributed by atoms with van der Waals surface area (Å²) < 4.78 is 45.1. The fourth-order valence-electron chi connectivity index (χ4n) is 3.77. The molecule has 2 amide bonds. The Hall–Kier alpha value is -3.60. The van der Waals surface area contributed by atoms with Gasteiger partial charge in [-0.25, -0.2) is 9.59 Å². The number of benzene rings is 2. The van der Waals surface area contributed by atoms with Gasteiger partial charge in [-0.3, -0.25) is 4.79 Å². The van der Waals surface area contributed by atoms with Crippen LogP contribution in [0.5, 0.6) is 0 Å². The van der Waals surface area contributed by atoms with Crippen molar-refractivity contribution in [1.82, 2.24) is 10.6 Å². The van der Waals surface area contributed by atoms with Crippen LogP contribution in [0.25, 0.3) is 11.1 Å². The van der Waals surface area contributed by atoms with Crippen LogP contribution >= 0.6 is 0 Å². The van der Waals surface area contributed by atoms with E-state index in [9.17, 15) is 27.6 Å². The van der Waals surface area contributed by atoms with Gasteiger partial charge in [-0.05, 0) is 22.3 Å². The number of aliphatic hydroxyl groups excluding tert-OH is 1. The number of carboxylic acid groups (broad SMARTS) is 1. The first-order valence-corrected chi connectivity index (χ1v) is 10.4. The van der Waals surface area contributed by atoms with E-state index in [-0.39, 0.29) is 12.5 Å². The zero-order valence-electron chi connectivity index (χ0n) is 17.8. The number of carbonyl (C=O) groups excluding carboxylic acids is 2. The van der Waals surface area contributed by atoms with E-state index >= 15 is 0 Å². The van der Waals surface area contributed by atoms with Gasteiger partial charge in [0.1, 0.15) is 6.61 Å². The topological polar surface area (TPSA) is 125 Å². The van der Waals surface area contributed by atoms with Gasteiger partial charge >= 0.3 is 18.2 Å². The third-order valence-corrected chi connectivity index (χ3v) is 5.51. The van der Waals surface area contributed by atoms with Crippen LogP contribution in [0, 0.1) is 5.92 Å². The molecule has 0 radical (unpaired) electrons. The van der Waals surface area contributed by atoms with Crippen LogP contribution in [0.2, 0.25) is 0 Å². The van der Waals surface area contributed by atoms with Crippen molar-refractivity contribution in [3.63, 3.8) is 0 Å². The maximum Gasteiger partial charge on any atom is 0.407 e. The molecule has 2 aromatic rings. The smallest absolute Gasteiger partial charge is 0.407 e. The maximum atomic E-state index is 13.3. The summed E-state index contributed by atoms with van der Waals surface area (Å²) in [6.07, 6.45) is -8.36. The Kier molecular flexibility index (Phi) is 7.77. The highest BCUT2D eigenvalue weighted by molar-refractivity contribution is 5.81. The number of ether oxygens (including phenoxy) is 1. The summed E-state index contributed by atoms with van der Waals surface area (Å²) in [5, 5.41) is 21.6. The van der Waals surface area contributed by atoms with Crippen molar-refractivity contribution in [2.24, 2.45) is 5.92 Å². The third-order valence-electron chi connectivity index (χ3n) is 5.51. The highest BCUT2D eigenvalue weighted by Crippen LogP contribution is 2.44. The normalized spacial score (nSPS) is 14.5. The molecule has 11 heteroatoms. The standard InChI is InChI=1S/C23H23F3N2O6/c24-23(25,26)18(20(30)27-10-9-19(29)21(31)32)11-28-22(33)34-12-17-15-7-3-1-5-13(15)14-6-2-4-8-16(14)17/h1-8,17-19,29H,9-12H2,(H,27,30)(H,28,33)(H,31,32)/t18?,19-/m0/s1. The molecule has 1 aliphatic rings. The first-order valence-electron chi connectivity index (χ1n) is 10.4. The number of aliphatic carboxylic acids is 1. The predicted molar refractivity (Wildman–Crippen MR) is 114 cm³/mol. The van der Waals surface area contributed by atoms with Gasteiger partial charge in [0, 0.05) is 25.4 Å². The Labute approximate surface area is 192 Å². The van der Waals surface area contributed by atoms with Crippen molar-refractivity contribution < 1.29 is 42.5 Å². The first-order chi connectivity index (χ1) is 16.1. The second kappa shape index (κ2) is 10.6. The van der Waals surface area contributed by atoms with Gasteiger partial charge in [0.2, 0.25) is 5.91 Å². The second-order valence-electron chi connectivity index (χ2n) is 7.73. The number of amides is 2. The van der Waals surface area contributed by atoms with Gasteiger partial charge in [0.05, 0.1) is 0 Å². The molecule has 0 spiro atoms. The lowest BCUT2D eigenvalue weighted by atomic mass is 9.98. The lowest BCUT2D eigenvalue weighted by molar-refractivity contribution is -0.181. The van der Waals surface area contributed by atoms with Crippen LogP contribution in [-0.4, -0.2) is 60.2 Å². The minimum Gasteiger partial charge on any atom is -0.479 e. The first kappa shape index (κ1) is 25.0. The number of nitrogens with one attached hydrogen (secondary N) is 2. The number of carbonyl (C=O) groups is 3. The number of alkyl halides is 3. The monoisotopic (exact) mass is 480 g/mol. The highest BCUT2D eigenvalue weighted by Gasteiger charge is 2.45. The molecule has 1 unspecified atom stereocenters. The van der Waals surface area contributed by atoms with Crippen LogP contribution in [0.4, 0.5) is 18.0 Å².